The lowest BCUT2D eigenvalue weighted by molar-refractivity contribution is 0.0981. The van der Waals surface area contributed by atoms with E-state index < -0.39 is 17.2 Å². The fourth-order valence-corrected chi connectivity index (χ4v) is 4.93. The van der Waals surface area contributed by atoms with E-state index in [1.54, 1.807) is 23.6 Å². The summed E-state index contributed by atoms with van der Waals surface area (Å²) in [6.07, 6.45) is 5.91. The Kier molecular flexibility index (Phi) is 5.90. The third-order valence-corrected chi connectivity index (χ3v) is 6.81. The number of aromatic nitrogens is 3. The zero-order valence-electron chi connectivity index (χ0n) is 17.9. The van der Waals surface area contributed by atoms with Crippen molar-refractivity contribution in [3.63, 3.8) is 0 Å². The summed E-state index contributed by atoms with van der Waals surface area (Å²) in [7, 11) is 0. The summed E-state index contributed by atoms with van der Waals surface area (Å²) in [4.78, 5) is 35.3. The number of H-pyrrole nitrogens is 1. The number of pyridine rings is 2. The number of nitrogens with one attached hydrogen (secondary N) is 1. The molecule has 0 amide bonds. The summed E-state index contributed by atoms with van der Waals surface area (Å²) < 4.78 is 28.0. The number of aryl methyl sites for hydroxylation is 1. The molecule has 5 nitrogen and oxygen atoms in total. The van der Waals surface area contributed by atoms with Crippen molar-refractivity contribution in [3.05, 3.63) is 111 Å². The first-order chi connectivity index (χ1) is 16.5. The number of rotatable bonds is 7. The second kappa shape index (κ2) is 9.15. The van der Waals surface area contributed by atoms with Crippen LogP contribution in [-0.4, -0.2) is 20.3 Å². The molecule has 4 heterocycles. The van der Waals surface area contributed by atoms with Crippen LogP contribution in [0.5, 0.6) is 0 Å². The Balaban J connectivity index is 1.29. The molecule has 0 aliphatic heterocycles. The van der Waals surface area contributed by atoms with Crippen LogP contribution in [-0.2, 0) is 13.0 Å². The van der Waals surface area contributed by atoms with Crippen molar-refractivity contribution in [1.82, 2.24) is 14.5 Å². The number of aromatic amines is 1. The molecule has 8 heteroatoms. The van der Waals surface area contributed by atoms with E-state index in [1.807, 2.05) is 30.5 Å². The van der Waals surface area contributed by atoms with Gasteiger partial charge in [0.2, 0.25) is 0 Å². The number of halogens is 2. The van der Waals surface area contributed by atoms with E-state index >= 15 is 0 Å². The van der Waals surface area contributed by atoms with Gasteiger partial charge in [0.1, 0.15) is 5.65 Å². The first kappa shape index (κ1) is 21.9. The molecular weight excluding hydrogens is 456 g/mol. The average Bonchev–Trinajstić information content (AvgIpc) is 3.48. The van der Waals surface area contributed by atoms with Crippen LogP contribution in [0.4, 0.5) is 8.78 Å². The smallest absolute Gasteiger partial charge is 0.261 e. The van der Waals surface area contributed by atoms with Crippen molar-refractivity contribution in [3.8, 4) is 10.4 Å². The van der Waals surface area contributed by atoms with Gasteiger partial charge in [-0.05, 0) is 60.5 Å². The standard InChI is InChI=1S/C26H19F2N3O2S/c27-21-8-5-16(13-22(21)28)15-31-12-2-4-19(26(31)33)23(32)9-6-17-7-10-24(34-17)20-14-30-25-18(20)3-1-11-29-25/h1-5,7-8,10-14H,6,9,15H2,(H,29,30). The van der Waals surface area contributed by atoms with Gasteiger partial charge < -0.3 is 9.55 Å². The number of thiophene rings is 1. The van der Waals surface area contributed by atoms with Crippen LogP contribution in [0.25, 0.3) is 21.5 Å². The molecular formula is C26H19F2N3O2S. The number of nitrogens with zero attached hydrogens (tertiary/aromatic N) is 2. The number of fused-ring (bicyclic) bond motifs is 1. The topological polar surface area (TPSA) is 67.8 Å². The summed E-state index contributed by atoms with van der Waals surface area (Å²) in [6.45, 7) is 0.0465. The molecule has 0 spiro atoms. The second-order valence-corrected chi connectivity index (χ2v) is 9.06. The number of Topliss-reactive ketones (excluding diaryl/α,β-unsaturated/α-hetero) is 1. The monoisotopic (exact) mass is 475 g/mol. The maximum atomic E-state index is 13.5. The van der Waals surface area contributed by atoms with Crippen molar-refractivity contribution >= 4 is 28.2 Å². The fraction of sp³-hybridized carbons (Fsp3) is 0.115. The van der Waals surface area contributed by atoms with E-state index in [9.17, 15) is 18.4 Å². The molecule has 34 heavy (non-hydrogen) atoms. The molecule has 5 rings (SSSR count). The van der Waals surface area contributed by atoms with Crippen LogP contribution < -0.4 is 5.56 Å². The summed E-state index contributed by atoms with van der Waals surface area (Å²) >= 11 is 1.60. The molecule has 0 fully saturated rings. The highest BCUT2D eigenvalue weighted by molar-refractivity contribution is 7.15. The second-order valence-electron chi connectivity index (χ2n) is 7.89. The van der Waals surface area contributed by atoms with Crippen molar-refractivity contribution < 1.29 is 13.6 Å². The highest BCUT2D eigenvalue weighted by Gasteiger charge is 2.15. The molecule has 0 radical (unpaired) electrons. The number of benzene rings is 1. The summed E-state index contributed by atoms with van der Waals surface area (Å²) in [5.74, 6) is -2.18. The Morgan fingerprint density at radius 3 is 2.79 bits per heavy atom. The Morgan fingerprint density at radius 2 is 1.94 bits per heavy atom. The largest absolute Gasteiger partial charge is 0.345 e. The third-order valence-electron chi connectivity index (χ3n) is 5.63. The summed E-state index contributed by atoms with van der Waals surface area (Å²) in [5.41, 5.74) is 1.96. The number of ketones is 1. The number of carbonyl (C=O) groups excluding carboxylic acids is 1. The SMILES string of the molecule is O=C(CCc1ccc(-c2c[nH]c3ncccc23)s1)c1cccn(Cc2ccc(F)c(F)c2)c1=O. The molecule has 0 bridgehead atoms. The first-order valence-corrected chi connectivity index (χ1v) is 11.5. The van der Waals surface area contributed by atoms with Gasteiger partial charge in [-0.2, -0.15) is 0 Å². The van der Waals surface area contributed by atoms with Crippen LogP contribution in [0.15, 0.2) is 78.0 Å². The Morgan fingerprint density at radius 1 is 1.06 bits per heavy atom. The highest BCUT2D eigenvalue weighted by Crippen LogP contribution is 2.33. The summed E-state index contributed by atoms with van der Waals surface area (Å²) in [5, 5.41) is 1.04. The van der Waals surface area contributed by atoms with E-state index in [2.05, 4.69) is 9.97 Å². The van der Waals surface area contributed by atoms with E-state index in [0.717, 1.165) is 38.5 Å². The number of hydrogen-bond donors (Lipinski definition) is 1. The van der Waals surface area contributed by atoms with Crippen molar-refractivity contribution in [2.45, 2.75) is 19.4 Å². The van der Waals surface area contributed by atoms with Gasteiger partial charge in [-0.3, -0.25) is 9.59 Å². The molecule has 0 aliphatic rings. The first-order valence-electron chi connectivity index (χ1n) is 10.7. The predicted octanol–water partition coefficient (Wildman–Crippen LogP) is 5.60. The van der Waals surface area contributed by atoms with Crippen LogP contribution in [0.3, 0.4) is 0 Å². The molecule has 0 aliphatic carbocycles. The van der Waals surface area contributed by atoms with Gasteiger partial charge in [0.15, 0.2) is 17.4 Å². The van der Waals surface area contributed by atoms with Crippen LogP contribution in [0.1, 0.15) is 27.2 Å². The molecule has 4 aromatic heterocycles. The van der Waals surface area contributed by atoms with E-state index in [1.165, 1.54) is 22.9 Å². The van der Waals surface area contributed by atoms with Crippen LogP contribution in [0.2, 0.25) is 0 Å². The number of hydrogen-bond acceptors (Lipinski definition) is 4. The van der Waals surface area contributed by atoms with E-state index in [0.29, 0.717) is 12.0 Å². The van der Waals surface area contributed by atoms with Gasteiger partial charge in [0.25, 0.3) is 5.56 Å². The van der Waals surface area contributed by atoms with Gasteiger partial charge >= 0.3 is 0 Å². The molecule has 170 valence electrons. The molecule has 1 aromatic carbocycles. The molecule has 0 saturated heterocycles. The molecule has 0 saturated carbocycles. The Hall–Kier alpha value is -3.91. The fourth-order valence-electron chi connectivity index (χ4n) is 3.90. The zero-order valence-corrected chi connectivity index (χ0v) is 18.7. The van der Waals surface area contributed by atoms with Crippen LogP contribution >= 0.6 is 11.3 Å². The molecule has 5 aromatic rings. The van der Waals surface area contributed by atoms with Gasteiger partial charge in [0, 0.05) is 45.7 Å². The minimum Gasteiger partial charge on any atom is -0.345 e. The van der Waals surface area contributed by atoms with Gasteiger partial charge in [-0.15, -0.1) is 11.3 Å². The van der Waals surface area contributed by atoms with Gasteiger partial charge in [-0.1, -0.05) is 6.07 Å². The summed E-state index contributed by atoms with van der Waals surface area (Å²) in [6, 6.07) is 14.5. The minimum atomic E-state index is -0.975. The lowest BCUT2D eigenvalue weighted by atomic mass is 10.1. The molecule has 0 atom stereocenters. The van der Waals surface area contributed by atoms with E-state index in [-0.39, 0.29) is 24.3 Å². The lowest BCUT2D eigenvalue weighted by Crippen LogP contribution is -2.26. The maximum Gasteiger partial charge on any atom is 0.261 e. The minimum absolute atomic E-state index is 0.0465. The average molecular weight is 476 g/mol. The zero-order chi connectivity index (χ0) is 23.7. The van der Waals surface area contributed by atoms with Crippen molar-refractivity contribution in [2.24, 2.45) is 0 Å². The van der Waals surface area contributed by atoms with Gasteiger partial charge in [0.05, 0.1) is 12.1 Å². The Labute approximate surface area is 197 Å². The van der Waals surface area contributed by atoms with Gasteiger partial charge in [-0.25, -0.2) is 13.8 Å². The third kappa shape index (κ3) is 4.32. The lowest BCUT2D eigenvalue weighted by Gasteiger charge is -2.08. The number of carbonyl (C=O) groups is 1. The predicted molar refractivity (Wildman–Crippen MR) is 128 cm³/mol. The normalized spacial score (nSPS) is 11.2. The maximum absolute atomic E-state index is 13.5. The van der Waals surface area contributed by atoms with Crippen molar-refractivity contribution in [1.29, 1.82) is 0 Å². The van der Waals surface area contributed by atoms with Crippen molar-refractivity contribution in [2.75, 3.05) is 0 Å². The Bertz CT molecular complexity index is 1570. The van der Waals surface area contributed by atoms with Crippen LogP contribution in [0, 0.1) is 11.6 Å². The quantitative estimate of drug-likeness (QED) is 0.312. The molecule has 0 unspecified atom stereocenters. The van der Waals surface area contributed by atoms with E-state index in [4.69, 9.17) is 0 Å². The molecule has 1 N–H and O–H groups in total. The highest BCUT2D eigenvalue weighted by atomic mass is 32.1.